The molecule has 4 heteroatoms. The van der Waals surface area contributed by atoms with Crippen molar-refractivity contribution in [1.29, 1.82) is 0 Å². The molecule has 2 aromatic rings. The molecule has 0 saturated carbocycles. The van der Waals surface area contributed by atoms with Crippen molar-refractivity contribution in [2.45, 2.75) is 45.8 Å². The first kappa shape index (κ1) is 20.6. The molecule has 1 aliphatic rings. The molecule has 1 N–H and O–H groups in total. The Morgan fingerprint density at radius 1 is 1.07 bits per heavy atom. The van der Waals surface area contributed by atoms with Crippen LogP contribution in [0.5, 0.6) is 0 Å². The maximum Gasteiger partial charge on any atom is 0.254 e. The van der Waals surface area contributed by atoms with Crippen LogP contribution in [-0.4, -0.2) is 54.0 Å². The highest BCUT2D eigenvalue weighted by atomic mass is 16.2. The molecule has 1 amide bonds. The summed E-state index contributed by atoms with van der Waals surface area (Å²) >= 11 is 0. The second-order valence-electron chi connectivity index (χ2n) is 7.73. The average Bonchev–Trinajstić information content (AvgIpc) is 2.73. The zero-order valence-electron chi connectivity index (χ0n) is 17.6. The molecule has 2 aromatic carbocycles. The van der Waals surface area contributed by atoms with Crippen molar-refractivity contribution in [1.82, 2.24) is 15.1 Å². The third-order valence-electron chi connectivity index (χ3n) is 5.80. The molecule has 28 heavy (non-hydrogen) atoms. The summed E-state index contributed by atoms with van der Waals surface area (Å²) in [4.78, 5) is 17.7. The van der Waals surface area contributed by atoms with E-state index in [1.165, 1.54) is 5.56 Å². The zero-order chi connectivity index (χ0) is 20.1. The van der Waals surface area contributed by atoms with Crippen LogP contribution in [0.3, 0.4) is 0 Å². The second-order valence-corrected chi connectivity index (χ2v) is 7.73. The number of nitrogens with one attached hydrogen (secondary N) is 1. The van der Waals surface area contributed by atoms with E-state index in [0.29, 0.717) is 12.1 Å². The van der Waals surface area contributed by atoms with Crippen LogP contribution < -0.4 is 5.32 Å². The number of benzene rings is 2. The molecule has 1 fully saturated rings. The van der Waals surface area contributed by atoms with Crippen molar-refractivity contribution >= 4 is 5.91 Å². The molecule has 0 aliphatic carbocycles. The van der Waals surface area contributed by atoms with Crippen LogP contribution >= 0.6 is 0 Å². The van der Waals surface area contributed by atoms with Crippen LogP contribution in [0.25, 0.3) is 0 Å². The van der Waals surface area contributed by atoms with Crippen molar-refractivity contribution in [3.05, 3.63) is 71.3 Å². The molecule has 150 valence electrons. The van der Waals surface area contributed by atoms with Crippen molar-refractivity contribution in [2.75, 3.05) is 26.2 Å². The number of piperazine rings is 1. The van der Waals surface area contributed by atoms with E-state index in [9.17, 15) is 4.79 Å². The average molecular weight is 380 g/mol. The van der Waals surface area contributed by atoms with Gasteiger partial charge in [0.15, 0.2) is 0 Å². The minimum atomic E-state index is 0.0662. The molecule has 0 bridgehead atoms. The quantitative estimate of drug-likeness (QED) is 0.826. The van der Waals surface area contributed by atoms with E-state index in [-0.39, 0.29) is 11.9 Å². The van der Waals surface area contributed by atoms with Gasteiger partial charge < -0.3 is 10.2 Å². The van der Waals surface area contributed by atoms with E-state index in [1.54, 1.807) is 0 Å². The first-order valence-corrected chi connectivity index (χ1v) is 10.5. The van der Waals surface area contributed by atoms with Crippen molar-refractivity contribution < 1.29 is 4.79 Å². The van der Waals surface area contributed by atoms with Crippen molar-refractivity contribution in [3.63, 3.8) is 0 Å². The van der Waals surface area contributed by atoms with Gasteiger partial charge >= 0.3 is 0 Å². The van der Waals surface area contributed by atoms with E-state index in [0.717, 1.165) is 37.3 Å². The molecule has 0 radical (unpaired) electrons. The van der Waals surface area contributed by atoms with Gasteiger partial charge in [0, 0.05) is 43.8 Å². The van der Waals surface area contributed by atoms with Gasteiger partial charge in [-0.1, -0.05) is 48.5 Å². The monoisotopic (exact) mass is 379 g/mol. The number of hydrogen-bond acceptors (Lipinski definition) is 3. The lowest BCUT2D eigenvalue weighted by atomic mass is 9.90. The molecule has 0 spiro atoms. The Morgan fingerprint density at radius 2 is 1.71 bits per heavy atom. The van der Waals surface area contributed by atoms with Gasteiger partial charge in [-0.15, -0.1) is 0 Å². The Labute approximate surface area is 169 Å². The topological polar surface area (TPSA) is 35.6 Å². The second kappa shape index (κ2) is 9.35. The molecule has 1 aliphatic heterocycles. The Bertz CT molecular complexity index is 772. The van der Waals surface area contributed by atoms with Gasteiger partial charge in [-0.3, -0.25) is 9.69 Å². The van der Waals surface area contributed by atoms with Crippen LogP contribution in [0, 0.1) is 0 Å². The lowest BCUT2D eigenvalue weighted by Gasteiger charge is -2.43. The number of amides is 1. The van der Waals surface area contributed by atoms with Crippen LogP contribution in [0.1, 0.15) is 55.2 Å². The summed E-state index contributed by atoms with van der Waals surface area (Å²) in [6.07, 6.45) is 0. The Morgan fingerprint density at radius 3 is 2.39 bits per heavy atom. The summed E-state index contributed by atoms with van der Waals surface area (Å²) < 4.78 is 0. The van der Waals surface area contributed by atoms with E-state index >= 15 is 0 Å². The third kappa shape index (κ3) is 4.29. The molecular formula is C24H33N3O. The molecule has 1 heterocycles. The summed E-state index contributed by atoms with van der Waals surface area (Å²) in [5.74, 6) is 0.123. The number of carbonyl (C=O) groups excluding carboxylic acids is 1. The standard InChI is InChI=1S/C24H33N3O/c1-5-26(6-2)24(28)22-15-11-10-14-21(22)23(20-12-8-7-9-13-20)27-17-18(3)25-16-19(27)4/h7-15,18-19,23,25H,5-6,16-17H2,1-4H3/t18-,19+,23+/m1/s1. The van der Waals surface area contributed by atoms with E-state index in [2.05, 4.69) is 66.5 Å². The highest BCUT2D eigenvalue weighted by Crippen LogP contribution is 2.34. The lowest BCUT2D eigenvalue weighted by molar-refractivity contribution is 0.0764. The van der Waals surface area contributed by atoms with E-state index in [4.69, 9.17) is 0 Å². The summed E-state index contributed by atoms with van der Waals surface area (Å²) in [5.41, 5.74) is 3.16. The maximum absolute atomic E-state index is 13.3. The molecule has 3 atom stereocenters. The minimum Gasteiger partial charge on any atom is -0.339 e. The fourth-order valence-electron chi connectivity index (χ4n) is 4.21. The molecule has 1 saturated heterocycles. The normalized spacial score (nSPS) is 21.3. The van der Waals surface area contributed by atoms with E-state index in [1.807, 2.05) is 30.9 Å². The predicted octanol–water partition coefficient (Wildman–Crippen LogP) is 3.94. The van der Waals surface area contributed by atoms with Gasteiger partial charge in [-0.05, 0) is 44.9 Å². The minimum absolute atomic E-state index is 0.0662. The maximum atomic E-state index is 13.3. The summed E-state index contributed by atoms with van der Waals surface area (Å²) in [6.45, 7) is 11.9. The first-order chi connectivity index (χ1) is 13.6. The van der Waals surface area contributed by atoms with Gasteiger partial charge in [0.25, 0.3) is 5.91 Å². The lowest BCUT2D eigenvalue weighted by Crippen LogP contribution is -2.55. The van der Waals surface area contributed by atoms with Crippen LogP contribution in [0.2, 0.25) is 0 Å². The molecule has 4 nitrogen and oxygen atoms in total. The van der Waals surface area contributed by atoms with Crippen molar-refractivity contribution in [2.24, 2.45) is 0 Å². The SMILES string of the molecule is CCN(CC)C(=O)c1ccccc1[C@H](c1ccccc1)N1C[C@@H](C)NC[C@@H]1C. The van der Waals surface area contributed by atoms with Gasteiger partial charge in [-0.2, -0.15) is 0 Å². The smallest absolute Gasteiger partial charge is 0.254 e. The Kier molecular flexibility index (Phi) is 6.87. The Balaban J connectivity index is 2.10. The van der Waals surface area contributed by atoms with E-state index < -0.39 is 0 Å². The molecule has 0 unspecified atom stereocenters. The fraction of sp³-hybridized carbons (Fsp3) is 0.458. The summed E-state index contributed by atoms with van der Waals surface area (Å²) in [6, 6.07) is 19.6. The molecular weight excluding hydrogens is 346 g/mol. The van der Waals surface area contributed by atoms with Crippen LogP contribution in [0.15, 0.2) is 54.6 Å². The van der Waals surface area contributed by atoms with Crippen molar-refractivity contribution in [3.8, 4) is 0 Å². The van der Waals surface area contributed by atoms with Crippen LogP contribution in [0.4, 0.5) is 0 Å². The van der Waals surface area contributed by atoms with Gasteiger partial charge in [0.05, 0.1) is 6.04 Å². The molecule has 0 aromatic heterocycles. The van der Waals surface area contributed by atoms with Gasteiger partial charge in [0.1, 0.15) is 0 Å². The number of rotatable bonds is 6. The number of carbonyl (C=O) groups is 1. The number of nitrogens with zero attached hydrogens (tertiary/aromatic N) is 2. The highest BCUT2D eigenvalue weighted by molar-refractivity contribution is 5.96. The summed E-state index contributed by atoms with van der Waals surface area (Å²) in [5, 5.41) is 3.58. The Hall–Kier alpha value is -2.17. The first-order valence-electron chi connectivity index (χ1n) is 10.5. The van der Waals surface area contributed by atoms with Gasteiger partial charge in [-0.25, -0.2) is 0 Å². The van der Waals surface area contributed by atoms with Gasteiger partial charge in [0.2, 0.25) is 0 Å². The summed E-state index contributed by atoms with van der Waals surface area (Å²) in [7, 11) is 0. The molecule has 3 rings (SSSR count). The third-order valence-corrected chi connectivity index (χ3v) is 5.80. The predicted molar refractivity (Wildman–Crippen MR) is 116 cm³/mol. The highest BCUT2D eigenvalue weighted by Gasteiger charge is 2.33. The largest absolute Gasteiger partial charge is 0.339 e. The number of hydrogen-bond donors (Lipinski definition) is 1. The van der Waals surface area contributed by atoms with Crippen LogP contribution in [-0.2, 0) is 0 Å². The fourth-order valence-corrected chi connectivity index (χ4v) is 4.21. The zero-order valence-corrected chi connectivity index (χ0v) is 17.6.